The molecule has 0 bridgehead atoms. The van der Waals surface area contributed by atoms with Gasteiger partial charge >= 0.3 is 0 Å². The average Bonchev–Trinajstić information content (AvgIpc) is 3.28. The number of rotatable bonds is 3. The molecule has 2 saturated heterocycles. The maximum absolute atomic E-state index is 12.8. The summed E-state index contributed by atoms with van der Waals surface area (Å²) in [4.78, 5) is 17.0. The van der Waals surface area contributed by atoms with Gasteiger partial charge in [-0.05, 0) is 38.8 Å². The Kier molecular flexibility index (Phi) is 4.95. The Morgan fingerprint density at radius 3 is 2.54 bits per heavy atom. The standard InChI is InChI=1S/C18H25N5O2S/c1-13-5-6-14(2)23(13)18-20-19-17(26-18)22-7-3-4-15(12-22)16(24)21-8-10-25-11-9-21/h5-6,15H,3-4,7-12H2,1-2H3. The van der Waals surface area contributed by atoms with Crippen LogP contribution < -0.4 is 4.90 Å². The minimum atomic E-state index is 0.0456. The zero-order chi connectivity index (χ0) is 18.1. The van der Waals surface area contributed by atoms with Crippen molar-refractivity contribution in [2.75, 3.05) is 44.3 Å². The second kappa shape index (κ2) is 7.36. The first-order valence-corrected chi connectivity index (χ1v) is 10.1. The molecule has 0 aliphatic carbocycles. The zero-order valence-electron chi connectivity index (χ0n) is 15.3. The first-order chi connectivity index (χ1) is 12.6. The summed E-state index contributed by atoms with van der Waals surface area (Å²) >= 11 is 1.60. The summed E-state index contributed by atoms with van der Waals surface area (Å²) in [5.41, 5.74) is 2.31. The third-order valence-corrected chi connectivity index (χ3v) is 6.20. The molecule has 2 aromatic rings. The van der Waals surface area contributed by atoms with Crippen LogP contribution in [0.15, 0.2) is 12.1 Å². The monoisotopic (exact) mass is 375 g/mol. The van der Waals surface area contributed by atoms with Gasteiger partial charge in [-0.1, -0.05) is 11.3 Å². The second-order valence-electron chi connectivity index (χ2n) is 7.04. The van der Waals surface area contributed by atoms with Crippen LogP contribution in [0.25, 0.3) is 5.13 Å². The minimum Gasteiger partial charge on any atom is -0.378 e. The van der Waals surface area contributed by atoms with Gasteiger partial charge in [0, 0.05) is 37.6 Å². The molecular weight excluding hydrogens is 350 g/mol. The van der Waals surface area contributed by atoms with Crippen LogP contribution in [0.1, 0.15) is 24.2 Å². The summed E-state index contributed by atoms with van der Waals surface area (Å²) in [7, 11) is 0. The summed E-state index contributed by atoms with van der Waals surface area (Å²) in [6, 6.07) is 4.18. The quantitative estimate of drug-likeness (QED) is 0.821. The van der Waals surface area contributed by atoms with Crippen molar-refractivity contribution in [3.05, 3.63) is 23.5 Å². The van der Waals surface area contributed by atoms with Crippen LogP contribution in [-0.4, -0.2) is 65.0 Å². The van der Waals surface area contributed by atoms with Gasteiger partial charge in [0.2, 0.25) is 16.2 Å². The highest BCUT2D eigenvalue weighted by molar-refractivity contribution is 7.17. The lowest BCUT2D eigenvalue weighted by molar-refractivity contribution is -0.139. The van der Waals surface area contributed by atoms with Crippen LogP contribution in [0.5, 0.6) is 0 Å². The zero-order valence-corrected chi connectivity index (χ0v) is 16.2. The molecule has 2 aromatic heterocycles. The van der Waals surface area contributed by atoms with Crippen LogP contribution in [0, 0.1) is 19.8 Å². The number of ether oxygens (including phenoxy) is 1. The molecule has 1 atom stereocenters. The molecule has 0 aromatic carbocycles. The van der Waals surface area contributed by atoms with Gasteiger partial charge in [0.05, 0.1) is 19.1 Å². The second-order valence-corrected chi connectivity index (χ2v) is 7.98. The van der Waals surface area contributed by atoms with Crippen LogP contribution >= 0.6 is 11.3 Å². The fraction of sp³-hybridized carbons (Fsp3) is 0.611. The highest BCUT2D eigenvalue weighted by Gasteiger charge is 2.31. The number of hydrogen-bond acceptors (Lipinski definition) is 6. The van der Waals surface area contributed by atoms with Gasteiger partial charge < -0.3 is 14.5 Å². The predicted molar refractivity (Wildman–Crippen MR) is 101 cm³/mol. The van der Waals surface area contributed by atoms with E-state index in [2.05, 4.69) is 45.6 Å². The summed E-state index contributed by atoms with van der Waals surface area (Å²) in [5, 5.41) is 10.6. The van der Waals surface area contributed by atoms with Crippen molar-refractivity contribution in [1.29, 1.82) is 0 Å². The van der Waals surface area contributed by atoms with E-state index in [9.17, 15) is 4.79 Å². The number of amides is 1. The minimum absolute atomic E-state index is 0.0456. The summed E-state index contributed by atoms with van der Waals surface area (Å²) < 4.78 is 7.49. The van der Waals surface area contributed by atoms with E-state index in [1.165, 1.54) is 0 Å². The first kappa shape index (κ1) is 17.5. The van der Waals surface area contributed by atoms with Gasteiger partial charge in [0.1, 0.15) is 0 Å². The van der Waals surface area contributed by atoms with Gasteiger partial charge in [-0.25, -0.2) is 0 Å². The lowest BCUT2D eigenvalue weighted by Crippen LogP contribution is -2.48. The van der Waals surface area contributed by atoms with Gasteiger partial charge in [-0.2, -0.15) is 0 Å². The van der Waals surface area contributed by atoms with E-state index in [1.54, 1.807) is 11.3 Å². The number of piperidine rings is 1. The van der Waals surface area contributed by atoms with Crippen molar-refractivity contribution in [2.45, 2.75) is 26.7 Å². The van der Waals surface area contributed by atoms with E-state index < -0.39 is 0 Å². The topological polar surface area (TPSA) is 63.5 Å². The molecule has 0 radical (unpaired) electrons. The number of nitrogens with zero attached hydrogens (tertiary/aromatic N) is 5. The predicted octanol–water partition coefficient (Wildman–Crippen LogP) is 2.02. The van der Waals surface area contributed by atoms with Gasteiger partial charge in [-0.15, -0.1) is 10.2 Å². The Morgan fingerprint density at radius 1 is 1.12 bits per heavy atom. The molecule has 4 heterocycles. The van der Waals surface area contributed by atoms with Crippen molar-refractivity contribution >= 4 is 22.4 Å². The fourth-order valence-corrected chi connectivity index (χ4v) is 4.79. The highest BCUT2D eigenvalue weighted by atomic mass is 32.1. The number of aryl methyl sites for hydroxylation is 2. The summed E-state index contributed by atoms with van der Waals surface area (Å²) in [6.45, 7) is 8.54. The number of hydrogen-bond donors (Lipinski definition) is 0. The molecule has 7 nitrogen and oxygen atoms in total. The number of carbonyl (C=O) groups excluding carboxylic acids is 1. The number of aromatic nitrogens is 3. The lowest BCUT2D eigenvalue weighted by atomic mass is 9.96. The molecule has 0 saturated carbocycles. The van der Waals surface area contributed by atoms with Crippen LogP contribution in [0.3, 0.4) is 0 Å². The van der Waals surface area contributed by atoms with Crippen molar-refractivity contribution < 1.29 is 9.53 Å². The molecule has 140 valence electrons. The van der Waals surface area contributed by atoms with Gasteiger partial charge in [0.15, 0.2) is 0 Å². The molecule has 0 N–H and O–H groups in total. The third kappa shape index (κ3) is 3.35. The van der Waals surface area contributed by atoms with Crippen LogP contribution in [-0.2, 0) is 9.53 Å². The number of morpholine rings is 1. The molecule has 26 heavy (non-hydrogen) atoms. The van der Waals surface area contributed by atoms with E-state index >= 15 is 0 Å². The number of carbonyl (C=O) groups is 1. The van der Waals surface area contributed by atoms with E-state index in [4.69, 9.17) is 4.74 Å². The lowest BCUT2D eigenvalue weighted by Gasteiger charge is -2.35. The van der Waals surface area contributed by atoms with Crippen LogP contribution in [0.2, 0.25) is 0 Å². The molecule has 2 fully saturated rings. The third-order valence-electron chi connectivity index (χ3n) is 5.23. The maximum atomic E-state index is 12.8. The van der Waals surface area contributed by atoms with E-state index in [0.717, 1.165) is 47.6 Å². The molecular formula is C18H25N5O2S. The molecule has 8 heteroatoms. The Hall–Kier alpha value is -1.93. The summed E-state index contributed by atoms with van der Waals surface area (Å²) in [6.07, 6.45) is 1.96. The van der Waals surface area contributed by atoms with Crippen molar-refractivity contribution in [3.63, 3.8) is 0 Å². The largest absolute Gasteiger partial charge is 0.378 e. The Morgan fingerprint density at radius 2 is 1.81 bits per heavy atom. The Balaban J connectivity index is 1.47. The van der Waals surface area contributed by atoms with Gasteiger partial charge in [0.25, 0.3) is 0 Å². The SMILES string of the molecule is Cc1ccc(C)n1-c1nnc(N2CCCC(C(=O)N3CCOCC3)C2)s1. The van der Waals surface area contributed by atoms with Crippen LogP contribution in [0.4, 0.5) is 5.13 Å². The van der Waals surface area contributed by atoms with Gasteiger partial charge in [-0.3, -0.25) is 9.36 Å². The van der Waals surface area contributed by atoms with E-state index in [0.29, 0.717) is 26.3 Å². The molecule has 1 unspecified atom stereocenters. The fourth-order valence-electron chi connectivity index (χ4n) is 3.79. The van der Waals surface area contributed by atoms with E-state index in [-0.39, 0.29) is 11.8 Å². The smallest absolute Gasteiger partial charge is 0.227 e. The average molecular weight is 375 g/mol. The van der Waals surface area contributed by atoms with Crippen molar-refractivity contribution in [3.8, 4) is 5.13 Å². The molecule has 0 spiro atoms. The molecule has 1 amide bonds. The Labute approximate surface area is 157 Å². The highest BCUT2D eigenvalue weighted by Crippen LogP contribution is 2.30. The van der Waals surface area contributed by atoms with Crippen molar-refractivity contribution in [1.82, 2.24) is 19.7 Å². The normalized spacial score (nSPS) is 21.2. The molecule has 4 rings (SSSR count). The molecule has 2 aliphatic heterocycles. The number of anilines is 1. The van der Waals surface area contributed by atoms with Crippen molar-refractivity contribution in [2.24, 2.45) is 5.92 Å². The molecule has 2 aliphatic rings. The van der Waals surface area contributed by atoms with E-state index in [1.807, 2.05) is 4.90 Å². The Bertz CT molecular complexity index is 761. The summed E-state index contributed by atoms with van der Waals surface area (Å²) in [5.74, 6) is 0.309. The first-order valence-electron chi connectivity index (χ1n) is 9.24. The maximum Gasteiger partial charge on any atom is 0.227 e.